The fourth-order valence-corrected chi connectivity index (χ4v) is 4.93. The molecule has 1 saturated carbocycles. The number of nitrogens with one attached hydrogen (secondary N) is 1. The minimum absolute atomic E-state index is 0.0693. The first-order valence-corrected chi connectivity index (χ1v) is 11.7. The van der Waals surface area contributed by atoms with Gasteiger partial charge < -0.3 is 10.2 Å². The molecule has 35 heavy (non-hydrogen) atoms. The third kappa shape index (κ3) is 4.82. The largest absolute Gasteiger partial charge is 0.418 e. The molecule has 5 rings (SSSR count). The van der Waals surface area contributed by atoms with Gasteiger partial charge in [0.05, 0.1) is 16.1 Å². The summed E-state index contributed by atoms with van der Waals surface area (Å²) >= 11 is 5.69. The fraction of sp³-hybridized carbons (Fsp3) is 0.360. The van der Waals surface area contributed by atoms with Crippen LogP contribution >= 0.6 is 11.6 Å². The van der Waals surface area contributed by atoms with Crippen molar-refractivity contribution in [3.8, 4) is 11.4 Å². The summed E-state index contributed by atoms with van der Waals surface area (Å²) in [5, 5.41) is 2.55. The molecule has 0 radical (unpaired) electrons. The number of aryl methyl sites for hydroxylation is 1. The normalized spacial score (nSPS) is 18.7. The van der Waals surface area contributed by atoms with E-state index < -0.39 is 16.8 Å². The lowest BCUT2D eigenvalue weighted by molar-refractivity contribution is -0.137. The van der Waals surface area contributed by atoms with Crippen LogP contribution in [0.1, 0.15) is 40.7 Å². The van der Waals surface area contributed by atoms with E-state index in [1.54, 1.807) is 18.5 Å². The van der Waals surface area contributed by atoms with Crippen molar-refractivity contribution in [3.05, 3.63) is 70.6 Å². The molecule has 1 atom stereocenters. The maximum absolute atomic E-state index is 13.8. The molecular formula is C25H23ClF3N5O. The van der Waals surface area contributed by atoms with Gasteiger partial charge >= 0.3 is 6.18 Å². The van der Waals surface area contributed by atoms with E-state index in [1.807, 2.05) is 30.0 Å². The summed E-state index contributed by atoms with van der Waals surface area (Å²) in [4.78, 5) is 28.3. The number of rotatable bonds is 5. The van der Waals surface area contributed by atoms with Crippen molar-refractivity contribution >= 4 is 23.3 Å². The van der Waals surface area contributed by atoms with Crippen LogP contribution in [0.15, 0.2) is 48.9 Å². The van der Waals surface area contributed by atoms with Gasteiger partial charge in [0.2, 0.25) is 0 Å². The molecule has 2 aliphatic rings. The number of pyridine rings is 1. The molecule has 3 heterocycles. The van der Waals surface area contributed by atoms with Gasteiger partial charge in [0, 0.05) is 43.3 Å². The Hall–Kier alpha value is -3.20. The van der Waals surface area contributed by atoms with Crippen LogP contribution in [-0.2, 0) is 6.18 Å². The van der Waals surface area contributed by atoms with Crippen LogP contribution in [0.3, 0.4) is 0 Å². The van der Waals surface area contributed by atoms with Crippen molar-refractivity contribution in [3.63, 3.8) is 0 Å². The van der Waals surface area contributed by atoms with Gasteiger partial charge in [0.1, 0.15) is 5.82 Å². The molecule has 1 N–H and O–H groups in total. The number of likely N-dealkylation sites (tertiary alicyclic amines) is 1. The first kappa shape index (κ1) is 23.5. The maximum Gasteiger partial charge on any atom is 0.418 e. The van der Waals surface area contributed by atoms with Crippen molar-refractivity contribution in [1.82, 2.24) is 19.9 Å². The summed E-state index contributed by atoms with van der Waals surface area (Å²) in [6.45, 7) is 2.81. The molecule has 3 aromatic rings. The number of carbonyl (C=O) groups is 1. The Morgan fingerprint density at radius 2 is 1.94 bits per heavy atom. The van der Waals surface area contributed by atoms with Gasteiger partial charge in [-0.1, -0.05) is 29.3 Å². The van der Waals surface area contributed by atoms with Crippen LogP contribution in [0.2, 0.25) is 5.02 Å². The van der Waals surface area contributed by atoms with Crippen molar-refractivity contribution in [1.29, 1.82) is 0 Å². The highest BCUT2D eigenvalue weighted by Gasteiger charge is 2.53. The number of aromatic nitrogens is 3. The monoisotopic (exact) mass is 501 g/mol. The first-order valence-electron chi connectivity index (χ1n) is 11.3. The minimum atomic E-state index is -4.58. The second kappa shape index (κ2) is 8.78. The van der Waals surface area contributed by atoms with E-state index in [0.717, 1.165) is 37.1 Å². The molecule has 182 valence electrons. The quantitative estimate of drug-likeness (QED) is 0.491. The molecule has 1 amide bonds. The fourth-order valence-electron chi connectivity index (χ4n) is 4.72. The topological polar surface area (TPSA) is 71.0 Å². The minimum Gasteiger partial charge on any atom is -0.368 e. The van der Waals surface area contributed by atoms with Gasteiger partial charge in [-0.25, -0.2) is 15.0 Å². The van der Waals surface area contributed by atoms with Crippen molar-refractivity contribution in [2.45, 2.75) is 38.4 Å². The van der Waals surface area contributed by atoms with E-state index in [2.05, 4.69) is 20.3 Å². The maximum atomic E-state index is 13.8. The number of hydrogen-bond acceptors (Lipinski definition) is 5. The summed E-state index contributed by atoms with van der Waals surface area (Å²) in [6.07, 6.45) is 2.53. The second-order valence-electron chi connectivity index (χ2n) is 9.34. The number of hydrogen-bond donors (Lipinski definition) is 1. The predicted molar refractivity (Wildman–Crippen MR) is 126 cm³/mol. The molecule has 1 saturated heterocycles. The lowest BCUT2D eigenvalue weighted by Gasteiger charge is -2.26. The number of anilines is 1. The Morgan fingerprint density at radius 1 is 1.20 bits per heavy atom. The SMILES string of the molecule is Cc1ccc(-c2ncccn2)c(C(=O)N2CC3(CC3)C[C@H]2CNc2cc(C(F)(F)F)c(Cl)cn2)c1. The Morgan fingerprint density at radius 3 is 2.63 bits per heavy atom. The molecule has 1 aliphatic carbocycles. The van der Waals surface area contributed by atoms with Gasteiger partial charge in [-0.3, -0.25) is 4.79 Å². The highest BCUT2D eigenvalue weighted by Crippen LogP contribution is 2.55. The Kier molecular flexibility index (Phi) is 5.91. The number of amides is 1. The van der Waals surface area contributed by atoms with Gasteiger partial charge in [0.15, 0.2) is 5.82 Å². The van der Waals surface area contributed by atoms with Gasteiger partial charge in [0.25, 0.3) is 5.91 Å². The molecule has 2 fully saturated rings. The molecule has 0 unspecified atom stereocenters. The summed E-state index contributed by atoms with van der Waals surface area (Å²) in [7, 11) is 0. The average molecular weight is 502 g/mol. The molecule has 1 aliphatic heterocycles. The highest BCUT2D eigenvalue weighted by molar-refractivity contribution is 6.31. The Labute approximate surface area is 205 Å². The number of nitrogens with zero attached hydrogens (tertiary/aromatic N) is 4. The summed E-state index contributed by atoms with van der Waals surface area (Å²) in [5.41, 5.74) is 1.25. The number of alkyl halides is 3. The Balaban J connectivity index is 1.41. The standard InChI is InChI=1S/C25H23ClF3N5O/c1-15-3-4-17(22-30-7-2-8-31-22)18(9-15)23(35)34-14-24(5-6-24)11-16(34)12-32-21-10-19(25(27,28)29)20(26)13-33-21/h2-4,7-10,13,16H,5-6,11-12,14H2,1H3,(H,32,33)/t16-/m0/s1. The molecule has 6 nitrogen and oxygen atoms in total. The number of halogens is 4. The second-order valence-corrected chi connectivity index (χ2v) is 9.75. The average Bonchev–Trinajstić information content (AvgIpc) is 3.49. The van der Waals surface area contributed by atoms with Crippen LogP contribution in [0, 0.1) is 12.3 Å². The van der Waals surface area contributed by atoms with E-state index in [9.17, 15) is 18.0 Å². The lowest BCUT2D eigenvalue weighted by Crippen LogP contribution is -2.40. The zero-order chi connectivity index (χ0) is 24.8. The van der Waals surface area contributed by atoms with Crippen LogP contribution in [-0.4, -0.2) is 44.9 Å². The van der Waals surface area contributed by atoms with Crippen molar-refractivity contribution in [2.24, 2.45) is 5.41 Å². The molecule has 0 bridgehead atoms. The summed E-state index contributed by atoms with van der Waals surface area (Å²) in [6, 6.07) is 8.03. The van der Waals surface area contributed by atoms with Crippen LogP contribution in [0.5, 0.6) is 0 Å². The van der Waals surface area contributed by atoms with Crippen LogP contribution < -0.4 is 5.32 Å². The Bertz CT molecular complexity index is 1260. The van der Waals surface area contributed by atoms with E-state index >= 15 is 0 Å². The summed E-state index contributed by atoms with van der Waals surface area (Å²) in [5.74, 6) is 0.405. The van der Waals surface area contributed by atoms with E-state index in [4.69, 9.17) is 11.6 Å². The molecule has 1 spiro atoms. The zero-order valence-corrected chi connectivity index (χ0v) is 19.7. The molecular weight excluding hydrogens is 479 g/mol. The number of benzene rings is 1. The molecule has 1 aromatic carbocycles. The smallest absolute Gasteiger partial charge is 0.368 e. The van der Waals surface area contributed by atoms with E-state index in [0.29, 0.717) is 23.5 Å². The molecule has 2 aromatic heterocycles. The zero-order valence-electron chi connectivity index (χ0n) is 18.9. The lowest BCUT2D eigenvalue weighted by atomic mass is 10.0. The van der Waals surface area contributed by atoms with Crippen LogP contribution in [0.25, 0.3) is 11.4 Å². The highest BCUT2D eigenvalue weighted by atomic mass is 35.5. The first-order chi connectivity index (χ1) is 16.7. The van der Waals surface area contributed by atoms with Crippen molar-refractivity contribution < 1.29 is 18.0 Å². The van der Waals surface area contributed by atoms with Gasteiger partial charge in [-0.15, -0.1) is 0 Å². The molecule has 10 heteroatoms. The number of carbonyl (C=O) groups excluding carboxylic acids is 1. The third-order valence-corrected chi connectivity index (χ3v) is 7.03. The van der Waals surface area contributed by atoms with Crippen LogP contribution in [0.4, 0.5) is 19.0 Å². The van der Waals surface area contributed by atoms with Crippen molar-refractivity contribution in [2.75, 3.05) is 18.4 Å². The predicted octanol–water partition coefficient (Wildman–Crippen LogP) is 5.63. The van der Waals surface area contributed by atoms with E-state index in [1.165, 1.54) is 0 Å². The van der Waals surface area contributed by atoms with Gasteiger partial charge in [-0.05, 0) is 49.8 Å². The third-order valence-electron chi connectivity index (χ3n) is 6.72. The summed E-state index contributed by atoms with van der Waals surface area (Å²) < 4.78 is 39.7. The van der Waals surface area contributed by atoms with Gasteiger partial charge in [-0.2, -0.15) is 13.2 Å². The van der Waals surface area contributed by atoms with E-state index in [-0.39, 0.29) is 29.7 Å².